The zero-order chi connectivity index (χ0) is 24.3. The van der Waals surface area contributed by atoms with Crippen molar-refractivity contribution < 1.29 is 18.0 Å². The van der Waals surface area contributed by atoms with E-state index in [2.05, 4.69) is 25.6 Å². The fraction of sp³-hybridized carbons (Fsp3) is 0.0833. The van der Waals surface area contributed by atoms with Crippen molar-refractivity contribution in [3.05, 3.63) is 89.9 Å². The molecule has 4 aromatic rings. The normalized spacial score (nSPS) is 11.2. The molecule has 34 heavy (non-hydrogen) atoms. The number of benzene rings is 2. The van der Waals surface area contributed by atoms with Crippen LogP contribution in [0, 0.1) is 6.92 Å². The Bertz CT molecular complexity index is 1360. The monoisotopic (exact) mass is 464 g/mol. The number of halogens is 3. The van der Waals surface area contributed by atoms with Gasteiger partial charge in [0.15, 0.2) is 0 Å². The molecule has 0 aliphatic carbocycles. The maximum Gasteiger partial charge on any atom is 0.416 e. The molecule has 0 radical (unpaired) electrons. The van der Waals surface area contributed by atoms with Gasteiger partial charge in [0.05, 0.1) is 11.3 Å². The molecule has 4 rings (SSSR count). The van der Waals surface area contributed by atoms with Gasteiger partial charge >= 0.3 is 6.18 Å². The number of anilines is 4. The van der Waals surface area contributed by atoms with Gasteiger partial charge in [-0.1, -0.05) is 12.1 Å². The van der Waals surface area contributed by atoms with E-state index in [0.29, 0.717) is 39.7 Å². The topological polar surface area (TPSA) is 106 Å². The predicted molar refractivity (Wildman–Crippen MR) is 124 cm³/mol. The Balaban J connectivity index is 1.61. The van der Waals surface area contributed by atoms with Gasteiger partial charge < -0.3 is 16.4 Å². The molecule has 0 atom stereocenters. The van der Waals surface area contributed by atoms with Crippen molar-refractivity contribution in [3.8, 4) is 11.3 Å². The number of nitrogens with zero attached hydrogens (tertiary/aromatic N) is 3. The quantitative estimate of drug-likeness (QED) is 0.363. The number of alkyl halides is 3. The third kappa shape index (κ3) is 4.96. The lowest BCUT2D eigenvalue weighted by Gasteiger charge is -2.15. The standard InChI is InChI=1S/C24H19F3N6O/c1-14-17(23(34)32-16-6-2-5-15(11-16)24(25,26)27)7-3-9-19(14)33-22-18(8-4-10-29-22)20-12-21(28)31-13-30-20/h2-13H,1H3,(H,29,33)(H,32,34)(H2,28,30,31). The Labute approximate surface area is 192 Å². The molecule has 0 spiro atoms. The molecule has 0 unspecified atom stereocenters. The van der Waals surface area contributed by atoms with Crippen LogP contribution in [0.15, 0.2) is 73.2 Å². The van der Waals surface area contributed by atoms with Crippen LogP contribution in [0.4, 0.5) is 36.2 Å². The molecule has 0 fully saturated rings. The molecule has 2 heterocycles. The zero-order valence-electron chi connectivity index (χ0n) is 17.9. The highest BCUT2D eigenvalue weighted by atomic mass is 19.4. The molecule has 4 N–H and O–H groups in total. The van der Waals surface area contributed by atoms with Crippen LogP contribution in [0.1, 0.15) is 21.5 Å². The van der Waals surface area contributed by atoms with Gasteiger partial charge in [-0.15, -0.1) is 0 Å². The fourth-order valence-corrected chi connectivity index (χ4v) is 3.35. The van der Waals surface area contributed by atoms with Gasteiger partial charge in [0.1, 0.15) is 18.0 Å². The molecule has 172 valence electrons. The van der Waals surface area contributed by atoms with Gasteiger partial charge in [-0.2, -0.15) is 13.2 Å². The van der Waals surface area contributed by atoms with Crippen LogP contribution < -0.4 is 16.4 Å². The summed E-state index contributed by atoms with van der Waals surface area (Å²) in [5.41, 5.74) is 7.71. The number of nitrogen functional groups attached to an aromatic ring is 1. The summed E-state index contributed by atoms with van der Waals surface area (Å²) in [6.45, 7) is 1.73. The van der Waals surface area contributed by atoms with Crippen molar-refractivity contribution in [2.75, 3.05) is 16.4 Å². The molecule has 0 aliphatic heterocycles. The van der Waals surface area contributed by atoms with E-state index < -0.39 is 17.6 Å². The average Bonchev–Trinajstić information content (AvgIpc) is 2.80. The first-order valence-corrected chi connectivity index (χ1v) is 10.1. The molecule has 2 aromatic carbocycles. The van der Waals surface area contributed by atoms with Crippen molar-refractivity contribution in [1.82, 2.24) is 15.0 Å². The lowest BCUT2D eigenvalue weighted by atomic mass is 10.0. The highest BCUT2D eigenvalue weighted by Crippen LogP contribution is 2.32. The number of nitrogens with two attached hydrogens (primary N) is 1. The van der Waals surface area contributed by atoms with Gasteiger partial charge in [0.25, 0.3) is 5.91 Å². The number of pyridine rings is 1. The number of rotatable bonds is 5. The van der Waals surface area contributed by atoms with E-state index in [1.807, 2.05) is 6.07 Å². The fourth-order valence-electron chi connectivity index (χ4n) is 3.35. The van der Waals surface area contributed by atoms with Crippen molar-refractivity contribution >= 4 is 28.9 Å². The SMILES string of the molecule is Cc1c(Nc2ncccc2-c2cc(N)ncn2)cccc1C(=O)Nc1cccc(C(F)(F)F)c1. The van der Waals surface area contributed by atoms with Crippen LogP contribution in [0.25, 0.3) is 11.3 Å². The van der Waals surface area contributed by atoms with E-state index in [1.165, 1.54) is 18.5 Å². The van der Waals surface area contributed by atoms with Gasteiger partial charge in [-0.05, 0) is 55.0 Å². The largest absolute Gasteiger partial charge is 0.416 e. The van der Waals surface area contributed by atoms with Crippen LogP contribution in [-0.2, 0) is 6.18 Å². The number of hydrogen-bond acceptors (Lipinski definition) is 6. The summed E-state index contributed by atoms with van der Waals surface area (Å²) >= 11 is 0. The van der Waals surface area contributed by atoms with Crippen LogP contribution in [0.3, 0.4) is 0 Å². The summed E-state index contributed by atoms with van der Waals surface area (Å²) in [5.74, 6) is 0.258. The Kier molecular flexibility index (Phi) is 6.13. The summed E-state index contributed by atoms with van der Waals surface area (Å²) in [4.78, 5) is 25.4. The van der Waals surface area contributed by atoms with E-state index in [-0.39, 0.29) is 5.69 Å². The first-order valence-electron chi connectivity index (χ1n) is 10.1. The molecule has 7 nitrogen and oxygen atoms in total. The minimum Gasteiger partial charge on any atom is -0.384 e. The molecular formula is C24H19F3N6O. The second kappa shape index (κ2) is 9.18. The highest BCUT2D eigenvalue weighted by molar-refractivity contribution is 6.06. The lowest BCUT2D eigenvalue weighted by molar-refractivity contribution is -0.137. The molecule has 10 heteroatoms. The highest BCUT2D eigenvalue weighted by Gasteiger charge is 2.30. The number of aromatic nitrogens is 3. The Morgan fingerprint density at radius 2 is 1.76 bits per heavy atom. The van der Waals surface area contributed by atoms with E-state index in [4.69, 9.17) is 5.73 Å². The van der Waals surface area contributed by atoms with Crippen molar-refractivity contribution in [2.45, 2.75) is 13.1 Å². The zero-order valence-corrected chi connectivity index (χ0v) is 17.9. The molecule has 1 amide bonds. The average molecular weight is 464 g/mol. The van der Waals surface area contributed by atoms with Gasteiger partial charge in [0, 0.05) is 34.8 Å². The number of nitrogens with one attached hydrogen (secondary N) is 2. The second-order valence-corrected chi connectivity index (χ2v) is 7.36. The Morgan fingerprint density at radius 1 is 0.971 bits per heavy atom. The minimum atomic E-state index is -4.50. The van der Waals surface area contributed by atoms with Gasteiger partial charge in [0.2, 0.25) is 0 Å². The summed E-state index contributed by atoms with van der Waals surface area (Å²) in [5, 5.41) is 5.74. The minimum absolute atomic E-state index is 0.0472. The molecule has 0 saturated carbocycles. The van der Waals surface area contributed by atoms with Crippen LogP contribution in [0.2, 0.25) is 0 Å². The molecule has 0 bridgehead atoms. The maximum absolute atomic E-state index is 13.0. The van der Waals surface area contributed by atoms with Gasteiger partial charge in [-0.25, -0.2) is 15.0 Å². The number of amides is 1. The molecule has 2 aromatic heterocycles. The number of carbonyl (C=O) groups excluding carboxylic acids is 1. The molecular weight excluding hydrogens is 445 g/mol. The van der Waals surface area contributed by atoms with Crippen LogP contribution >= 0.6 is 0 Å². The van der Waals surface area contributed by atoms with Crippen molar-refractivity contribution in [3.63, 3.8) is 0 Å². The van der Waals surface area contributed by atoms with Crippen molar-refractivity contribution in [1.29, 1.82) is 0 Å². The lowest BCUT2D eigenvalue weighted by Crippen LogP contribution is -2.15. The third-order valence-corrected chi connectivity index (χ3v) is 5.05. The van der Waals surface area contributed by atoms with Crippen molar-refractivity contribution in [2.24, 2.45) is 0 Å². The van der Waals surface area contributed by atoms with E-state index >= 15 is 0 Å². The van der Waals surface area contributed by atoms with E-state index in [1.54, 1.807) is 43.5 Å². The van der Waals surface area contributed by atoms with Gasteiger partial charge in [-0.3, -0.25) is 4.79 Å². The Hall–Kier alpha value is -4.47. The smallest absolute Gasteiger partial charge is 0.384 e. The predicted octanol–water partition coefficient (Wildman–Crippen LogP) is 5.44. The number of hydrogen-bond donors (Lipinski definition) is 3. The molecule has 0 aliphatic rings. The summed E-state index contributed by atoms with van der Waals surface area (Å²) in [7, 11) is 0. The van der Waals surface area contributed by atoms with E-state index in [9.17, 15) is 18.0 Å². The summed E-state index contributed by atoms with van der Waals surface area (Å²) in [6, 6.07) is 14.7. The van der Waals surface area contributed by atoms with Crippen LogP contribution in [0.5, 0.6) is 0 Å². The summed E-state index contributed by atoms with van der Waals surface area (Å²) in [6.07, 6.45) is -1.55. The van der Waals surface area contributed by atoms with E-state index in [0.717, 1.165) is 12.1 Å². The third-order valence-electron chi connectivity index (χ3n) is 5.05. The maximum atomic E-state index is 13.0. The second-order valence-electron chi connectivity index (χ2n) is 7.36. The number of carbonyl (C=O) groups is 1. The first kappa shape index (κ1) is 22.7. The van der Waals surface area contributed by atoms with Crippen LogP contribution in [-0.4, -0.2) is 20.9 Å². The molecule has 0 saturated heterocycles. The summed E-state index contributed by atoms with van der Waals surface area (Å²) < 4.78 is 39.0. The first-order chi connectivity index (χ1) is 16.2. The Morgan fingerprint density at radius 3 is 2.53 bits per heavy atom.